The minimum Gasteiger partial charge on any atom is -0.417 e. The van der Waals surface area contributed by atoms with E-state index in [0.29, 0.717) is 45.5 Å². The van der Waals surface area contributed by atoms with Crippen LogP contribution in [0.15, 0.2) is 30.3 Å². The van der Waals surface area contributed by atoms with Gasteiger partial charge in [0.15, 0.2) is 16.6 Å². The molecule has 0 amide bonds. The summed E-state index contributed by atoms with van der Waals surface area (Å²) in [7, 11) is -3.80. The number of hydrogen-bond acceptors (Lipinski definition) is 4. The molecule has 0 aliphatic rings. The highest BCUT2D eigenvalue weighted by Gasteiger charge is 2.39. The van der Waals surface area contributed by atoms with E-state index < -0.39 is 16.6 Å². The normalized spacial score (nSPS) is 13.2. The Labute approximate surface area is 229 Å². The molecule has 0 aliphatic heterocycles. The van der Waals surface area contributed by atoms with Crippen LogP contribution in [0.3, 0.4) is 0 Å². The van der Waals surface area contributed by atoms with Crippen molar-refractivity contribution < 1.29 is 18.4 Å². The molecule has 4 nitrogen and oxygen atoms in total. The summed E-state index contributed by atoms with van der Waals surface area (Å²) in [6.45, 7) is 23.9. The van der Waals surface area contributed by atoms with Gasteiger partial charge in [-0.05, 0) is 54.2 Å². The highest BCUT2D eigenvalue weighted by Crippen LogP contribution is 2.38. The quantitative estimate of drug-likeness (QED) is 0.117. The van der Waals surface area contributed by atoms with Crippen LogP contribution in [0, 0.1) is 23.7 Å². The first-order valence-electron chi connectivity index (χ1n) is 13.5. The minimum absolute atomic E-state index is 0.0489. The first-order valence-corrected chi connectivity index (χ1v) is 19.3. The van der Waals surface area contributed by atoms with E-state index in [0.717, 1.165) is 5.56 Å². The van der Waals surface area contributed by atoms with Crippen LogP contribution in [0.5, 0.6) is 0 Å². The summed E-state index contributed by atoms with van der Waals surface area (Å²) < 4.78 is 18.4. The molecule has 0 saturated carbocycles. The Morgan fingerprint density at radius 2 is 1.51 bits per heavy atom. The van der Waals surface area contributed by atoms with E-state index in [1.54, 1.807) is 0 Å². The predicted molar refractivity (Wildman–Crippen MR) is 160 cm³/mol. The SMILES string of the molecule is CC(C)(C)[Si](C)(C)OCCCC(=O)C#CC[C@@H](C#CCCOCc1ccccc1)O[Si](C)(C)C(C)(C)C. The molecule has 0 unspecified atom stereocenters. The van der Waals surface area contributed by atoms with Crippen LogP contribution in [0.2, 0.25) is 36.3 Å². The predicted octanol–water partition coefficient (Wildman–Crippen LogP) is 7.75. The van der Waals surface area contributed by atoms with Crippen molar-refractivity contribution in [1.29, 1.82) is 0 Å². The lowest BCUT2D eigenvalue weighted by Crippen LogP contribution is -2.43. The second kappa shape index (κ2) is 15.1. The lowest BCUT2D eigenvalue weighted by atomic mass is 10.2. The standard InChI is InChI=1S/C31H50O4Si2/c1-30(2,3)36(7,8)34-25-17-21-28(32)20-16-23-29(35-37(9,10)31(4,5)6)22-14-15-24-33-26-27-18-12-11-13-19-27/h11-13,18-19,29H,15,17,21,23-26H2,1-10H3/t29-/m1/s1. The topological polar surface area (TPSA) is 44.8 Å². The van der Waals surface area contributed by atoms with Gasteiger partial charge >= 0.3 is 0 Å². The third kappa shape index (κ3) is 13.1. The van der Waals surface area contributed by atoms with E-state index in [1.165, 1.54) is 0 Å². The number of Topliss-reactive ketones (excluding diaryl/α,β-unsaturated/α-hetero) is 1. The molecule has 206 valence electrons. The van der Waals surface area contributed by atoms with Crippen molar-refractivity contribution in [2.24, 2.45) is 0 Å². The summed E-state index contributed by atoms with van der Waals surface area (Å²) >= 11 is 0. The van der Waals surface area contributed by atoms with E-state index in [1.807, 2.05) is 18.2 Å². The summed E-state index contributed by atoms with van der Waals surface area (Å²) in [5.74, 6) is 12.3. The monoisotopic (exact) mass is 542 g/mol. The largest absolute Gasteiger partial charge is 0.417 e. The van der Waals surface area contributed by atoms with Gasteiger partial charge in [-0.2, -0.15) is 0 Å². The maximum absolute atomic E-state index is 12.3. The fourth-order valence-corrected chi connectivity index (χ4v) is 5.10. The van der Waals surface area contributed by atoms with Gasteiger partial charge in [0, 0.05) is 25.9 Å². The molecule has 6 heteroatoms. The van der Waals surface area contributed by atoms with E-state index >= 15 is 0 Å². The fraction of sp³-hybridized carbons (Fsp3) is 0.645. The molecule has 0 aromatic heterocycles. The van der Waals surface area contributed by atoms with Crippen molar-refractivity contribution >= 4 is 22.4 Å². The first-order chi connectivity index (χ1) is 17.1. The van der Waals surface area contributed by atoms with Gasteiger partial charge in [0.2, 0.25) is 5.78 Å². The summed E-state index contributed by atoms with van der Waals surface area (Å²) in [5, 5.41) is 0.240. The maximum atomic E-state index is 12.3. The van der Waals surface area contributed by atoms with Crippen LogP contribution in [-0.4, -0.2) is 41.7 Å². The minimum atomic E-state index is -2.02. The van der Waals surface area contributed by atoms with Crippen molar-refractivity contribution in [3.05, 3.63) is 35.9 Å². The Balaban J connectivity index is 2.62. The number of benzene rings is 1. The third-order valence-electron chi connectivity index (χ3n) is 7.32. The van der Waals surface area contributed by atoms with Crippen molar-refractivity contribution in [2.75, 3.05) is 13.2 Å². The fourth-order valence-electron chi connectivity index (χ4n) is 2.81. The van der Waals surface area contributed by atoms with Gasteiger partial charge in [0.05, 0.1) is 13.2 Å². The summed E-state index contributed by atoms with van der Waals surface area (Å²) in [6, 6.07) is 10.1. The average molecular weight is 543 g/mol. The zero-order chi connectivity index (χ0) is 28.2. The number of carbonyl (C=O) groups is 1. The van der Waals surface area contributed by atoms with Crippen molar-refractivity contribution in [3.8, 4) is 23.7 Å². The summed E-state index contributed by atoms with van der Waals surface area (Å²) in [6.07, 6.45) is 1.87. The lowest BCUT2D eigenvalue weighted by molar-refractivity contribution is -0.114. The van der Waals surface area contributed by atoms with Crippen LogP contribution in [0.4, 0.5) is 0 Å². The van der Waals surface area contributed by atoms with Gasteiger partial charge in [0.1, 0.15) is 6.10 Å². The second-order valence-corrected chi connectivity index (χ2v) is 22.2. The van der Waals surface area contributed by atoms with Crippen LogP contribution >= 0.6 is 0 Å². The van der Waals surface area contributed by atoms with Gasteiger partial charge in [-0.25, -0.2) is 0 Å². The van der Waals surface area contributed by atoms with Crippen LogP contribution in [0.1, 0.15) is 72.8 Å². The van der Waals surface area contributed by atoms with Gasteiger partial charge < -0.3 is 13.6 Å². The lowest BCUT2D eigenvalue weighted by Gasteiger charge is -2.37. The smallest absolute Gasteiger partial charge is 0.205 e. The van der Waals surface area contributed by atoms with Gasteiger partial charge in [-0.3, -0.25) is 4.79 Å². The molecule has 0 fully saturated rings. The number of hydrogen-bond donors (Lipinski definition) is 0. The third-order valence-corrected chi connectivity index (χ3v) is 16.3. The first kappa shape index (κ1) is 33.4. The Morgan fingerprint density at radius 3 is 2.11 bits per heavy atom. The van der Waals surface area contributed by atoms with Crippen LogP contribution in [0.25, 0.3) is 0 Å². The zero-order valence-corrected chi connectivity index (χ0v) is 27.0. The van der Waals surface area contributed by atoms with Crippen LogP contribution < -0.4 is 0 Å². The molecule has 0 spiro atoms. The number of carbonyl (C=O) groups excluding carboxylic acids is 1. The second-order valence-electron chi connectivity index (χ2n) is 12.6. The Morgan fingerprint density at radius 1 is 0.892 bits per heavy atom. The number of ketones is 1. The summed E-state index contributed by atoms with van der Waals surface area (Å²) in [5.41, 5.74) is 1.15. The van der Waals surface area contributed by atoms with Gasteiger partial charge in [-0.1, -0.05) is 89.6 Å². The van der Waals surface area contributed by atoms with E-state index in [4.69, 9.17) is 13.6 Å². The van der Waals surface area contributed by atoms with Gasteiger partial charge in [0.25, 0.3) is 0 Å². The molecule has 1 atom stereocenters. The van der Waals surface area contributed by atoms with Crippen molar-refractivity contribution in [2.45, 2.75) is 116 Å². The zero-order valence-electron chi connectivity index (χ0n) is 25.0. The molecule has 1 rings (SSSR count). The highest BCUT2D eigenvalue weighted by molar-refractivity contribution is 6.74. The van der Waals surface area contributed by atoms with E-state index in [9.17, 15) is 4.79 Å². The molecule has 0 radical (unpaired) electrons. The molecular formula is C31H50O4Si2. The maximum Gasteiger partial charge on any atom is 0.205 e. The van der Waals surface area contributed by atoms with Crippen LogP contribution in [-0.2, 0) is 25.0 Å². The molecule has 0 bridgehead atoms. The molecule has 0 N–H and O–H groups in total. The number of ether oxygens (including phenoxy) is 1. The van der Waals surface area contributed by atoms with E-state index in [2.05, 4.69) is 104 Å². The molecule has 0 aliphatic carbocycles. The van der Waals surface area contributed by atoms with Gasteiger partial charge in [-0.15, -0.1) is 0 Å². The molecule has 1 aromatic rings. The molecule has 0 heterocycles. The average Bonchev–Trinajstić information content (AvgIpc) is 2.78. The van der Waals surface area contributed by atoms with Crippen molar-refractivity contribution in [1.82, 2.24) is 0 Å². The summed E-state index contributed by atoms with van der Waals surface area (Å²) in [4.78, 5) is 12.3. The molecule has 37 heavy (non-hydrogen) atoms. The highest BCUT2D eigenvalue weighted by atomic mass is 28.4. The van der Waals surface area contributed by atoms with Crippen molar-refractivity contribution in [3.63, 3.8) is 0 Å². The Bertz CT molecular complexity index is 949. The molecule has 1 aromatic carbocycles. The molecular weight excluding hydrogens is 493 g/mol. The Hall–Kier alpha value is -1.68. The Kier molecular flexibility index (Phi) is 13.6. The molecule has 0 saturated heterocycles. The van der Waals surface area contributed by atoms with E-state index in [-0.39, 0.29) is 22.0 Å². The number of rotatable bonds is 12.